The summed E-state index contributed by atoms with van der Waals surface area (Å²) in [7, 11) is 0. The molecular formula is C13H14F2. The van der Waals surface area contributed by atoms with Crippen molar-refractivity contribution in [3.63, 3.8) is 0 Å². The van der Waals surface area contributed by atoms with Crippen LogP contribution in [0.1, 0.15) is 18.4 Å². The van der Waals surface area contributed by atoms with Crippen molar-refractivity contribution in [3.8, 4) is 0 Å². The molecule has 0 aliphatic carbocycles. The van der Waals surface area contributed by atoms with Gasteiger partial charge in [-0.05, 0) is 24.8 Å². The van der Waals surface area contributed by atoms with Crippen LogP contribution >= 0.6 is 0 Å². The number of rotatable bonds is 5. The third-order valence-electron chi connectivity index (χ3n) is 2.04. The Hall–Kier alpha value is -1.44. The molecule has 15 heavy (non-hydrogen) atoms. The molecular weight excluding hydrogens is 194 g/mol. The summed E-state index contributed by atoms with van der Waals surface area (Å²) in [6.45, 7) is 0. The fourth-order valence-corrected chi connectivity index (χ4v) is 1.31. The van der Waals surface area contributed by atoms with Crippen molar-refractivity contribution >= 4 is 0 Å². The van der Waals surface area contributed by atoms with Crippen LogP contribution in [0.3, 0.4) is 0 Å². The Morgan fingerprint density at radius 2 is 1.87 bits per heavy atom. The van der Waals surface area contributed by atoms with Crippen LogP contribution in [-0.2, 0) is 6.42 Å². The summed E-state index contributed by atoms with van der Waals surface area (Å²) >= 11 is 0. The van der Waals surface area contributed by atoms with Gasteiger partial charge >= 0.3 is 0 Å². The third-order valence-corrected chi connectivity index (χ3v) is 2.04. The summed E-state index contributed by atoms with van der Waals surface area (Å²) in [5, 5.41) is 0. The normalized spacial score (nSPS) is 10.5. The van der Waals surface area contributed by atoms with Crippen molar-refractivity contribution in [2.75, 3.05) is 0 Å². The Morgan fingerprint density at radius 1 is 1.13 bits per heavy atom. The van der Waals surface area contributed by atoms with Crippen LogP contribution in [0.25, 0.3) is 0 Å². The van der Waals surface area contributed by atoms with Crippen molar-refractivity contribution in [1.29, 1.82) is 0 Å². The largest absolute Gasteiger partial charge is 0.270 e. The Balaban J connectivity index is 2.18. The minimum Gasteiger partial charge on any atom is -0.173 e. The zero-order valence-corrected chi connectivity index (χ0v) is 8.50. The molecule has 0 atom stereocenters. The van der Waals surface area contributed by atoms with Gasteiger partial charge in [-0.3, -0.25) is 0 Å². The van der Waals surface area contributed by atoms with Gasteiger partial charge in [0, 0.05) is 6.08 Å². The van der Waals surface area contributed by atoms with Crippen LogP contribution in [0.2, 0.25) is 0 Å². The lowest BCUT2D eigenvalue weighted by atomic mass is 10.1. The molecule has 2 heteroatoms. The first kappa shape index (κ1) is 11.6. The van der Waals surface area contributed by atoms with Gasteiger partial charge in [-0.15, -0.1) is 0 Å². The highest BCUT2D eigenvalue weighted by atomic mass is 19.3. The van der Waals surface area contributed by atoms with E-state index in [-0.39, 0.29) is 0 Å². The van der Waals surface area contributed by atoms with Gasteiger partial charge in [0.25, 0.3) is 6.08 Å². The van der Waals surface area contributed by atoms with E-state index in [0.29, 0.717) is 0 Å². The maximum absolute atomic E-state index is 11.6. The Morgan fingerprint density at radius 3 is 2.53 bits per heavy atom. The van der Waals surface area contributed by atoms with Gasteiger partial charge in [0.2, 0.25) is 0 Å². The number of unbranched alkanes of at least 4 members (excludes halogenated alkanes) is 1. The topological polar surface area (TPSA) is 0 Å². The predicted molar refractivity (Wildman–Crippen MR) is 58.8 cm³/mol. The summed E-state index contributed by atoms with van der Waals surface area (Å²) in [5.74, 6) is 0. The molecule has 0 amide bonds. The molecule has 1 aromatic carbocycles. The van der Waals surface area contributed by atoms with E-state index in [1.165, 1.54) is 11.6 Å². The van der Waals surface area contributed by atoms with E-state index in [9.17, 15) is 8.78 Å². The molecule has 0 nitrogen and oxygen atoms in total. The number of allylic oxidation sites excluding steroid dienone is 3. The second kappa shape index (κ2) is 6.93. The molecule has 0 bridgehead atoms. The Kier molecular flexibility index (Phi) is 5.38. The molecule has 0 unspecified atom stereocenters. The molecule has 0 aliphatic heterocycles. The van der Waals surface area contributed by atoms with Crippen molar-refractivity contribution in [3.05, 3.63) is 60.2 Å². The highest BCUT2D eigenvalue weighted by Gasteiger charge is 1.89. The molecule has 0 saturated heterocycles. The van der Waals surface area contributed by atoms with E-state index in [1.54, 1.807) is 6.08 Å². The van der Waals surface area contributed by atoms with E-state index < -0.39 is 6.08 Å². The standard InChI is InChI=1S/C13H14F2/c14-13(15)11-7-2-1-4-8-12-9-5-3-6-10-12/h2-3,5-7,9-11H,1,4,8H2. The van der Waals surface area contributed by atoms with Gasteiger partial charge in [-0.1, -0.05) is 42.5 Å². The predicted octanol–water partition coefficient (Wildman–Crippen LogP) is 4.35. The zero-order valence-electron chi connectivity index (χ0n) is 8.50. The molecule has 0 aromatic heterocycles. The average Bonchev–Trinajstić information content (AvgIpc) is 2.24. The first-order valence-electron chi connectivity index (χ1n) is 5.01. The van der Waals surface area contributed by atoms with Gasteiger partial charge in [0.15, 0.2) is 0 Å². The summed E-state index contributed by atoms with van der Waals surface area (Å²) in [6, 6.07) is 10.1. The van der Waals surface area contributed by atoms with Crippen molar-refractivity contribution in [1.82, 2.24) is 0 Å². The highest BCUT2D eigenvalue weighted by molar-refractivity contribution is 5.14. The van der Waals surface area contributed by atoms with Crippen molar-refractivity contribution < 1.29 is 8.78 Å². The summed E-state index contributed by atoms with van der Waals surface area (Å²) in [6.07, 6.45) is 5.16. The van der Waals surface area contributed by atoms with Crippen LogP contribution in [-0.4, -0.2) is 0 Å². The third kappa shape index (κ3) is 5.78. The first-order chi connectivity index (χ1) is 7.29. The lowest BCUT2D eigenvalue weighted by Crippen LogP contribution is -1.82. The molecule has 0 fully saturated rings. The van der Waals surface area contributed by atoms with Crippen molar-refractivity contribution in [2.45, 2.75) is 19.3 Å². The lowest BCUT2D eigenvalue weighted by Gasteiger charge is -1.97. The number of hydrogen-bond donors (Lipinski definition) is 0. The summed E-state index contributed by atoms with van der Waals surface area (Å²) in [5.41, 5.74) is 1.29. The maximum atomic E-state index is 11.6. The molecule has 1 aromatic rings. The monoisotopic (exact) mass is 208 g/mol. The summed E-state index contributed by atoms with van der Waals surface area (Å²) in [4.78, 5) is 0. The first-order valence-corrected chi connectivity index (χ1v) is 5.01. The van der Waals surface area contributed by atoms with Crippen molar-refractivity contribution in [2.24, 2.45) is 0 Å². The van der Waals surface area contributed by atoms with Crippen LogP contribution in [0.4, 0.5) is 8.78 Å². The van der Waals surface area contributed by atoms with Gasteiger partial charge in [0.1, 0.15) is 0 Å². The average molecular weight is 208 g/mol. The van der Waals surface area contributed by atoms with E-state index in [2.05, 4.69) is 12.1 Å². The van der Waals surface area contributed by atoms with Gasteiger partial charge in [-0.25, -0.2) is 0 Å². The molecule has 0 N–H and O–H groups in total. The van der Waals surface area contributed by atoms with Crippen LogP contribution in [0.5, 0.6) is 0 Å². The lowest BCUT2D eigenvalue weighted by molar-refractivity contribution is 0.422. The number of aryl methyl sites for hydroxylation is 1. The van der Waals surface area contributed by atoms with E-state index in [4.69, 9.17) is 0 Å². The smallest absolute Gasteiger partial charge is 0.173 e. The fraction of sp³-hybridized carbons (Fsp3) is 0.231. The van der Waals surface area contributed by atoms with E-state index >= 15 is 0 Å². The molecule has 80 valence electrons. The quantitative estimate of drug-likeness (QED) is 0.498. The minimum absolute atomic E-state index is 0.822. The van der Waals surface area contributed by atoms with E-state index in [0.717, 1.165) is 25.3 Å². The van der Waals surface area contributed by atoms with Crippen LogP contribution in [0.15, 0.2) is 54.6 Å². The van der Waals surface area contributed by atoms with Crippen LogP contribution < -0.4 is 0 Å². The van der Waals surface area contributed by atoms with Gasteiger partial charge in [0.05, 0.1) is 0 Å². The molecule has 0 aliphatic rings. The maximum Gasteiger partial charge on any atom is 0.270 e. The fourth-order valence-electron chi connectivity index (χ4n) is 1.31. The van der Waals surface area contributed by atoms with Crippen LogP contribution in [0, 0.1) is 0 Å². The molecule has 0 radical (unpaired) electrons. The molecule has 0 spiro atoms. The second-order valence-electron chi connectivity index (χ2n) is 3.26. The van der Waals surface area contributed by atoms with E-state index in [1.807, 2.05) is 18.2 Å². The zero-order chi connectivity index (χ0) is 10.9. The number of halogens is 2. The minimum atomic E-state index is -1.64. The second-order valence-corrected chi connectivity index (χ2v) is 3.26. The Labute approximate surface area is 88.9 Å². The van der Waals surface area contributed by atoms with Gasteiger partial charge < -0.3 is 0 Å². The molecule has 1 rings (SSSR count). The number of hydrogen-bond acceptors (Lipinski definition) is 0. The molecule has 0 saturated carbocycles. The Bertz CT molecular complexity index is 322. The number of benzene rings is 1. The summed E-state index contributed by atoms with van der Waals surface area (Å²) < 4.78 is 23.2. The SMILES string of the molecule is FC(F)=CC=CCCCc1ccccc1. The highest BCUT2D eigenvalue weighted by Crippen LogP contribution is 2.05. The molecule has 0 heterocycles. The van der Waals surface area contributed by atoms with Gasteiger partial charge in [-0.2, -0.15) is 8.78 Å².